The maximum atomic E-state index is 13.0. The summed E-state index contributed by atoms with van der Waals surface area (Å²) in [6.07, 6.45) is 1.99. The highest BCUT2D eigenvalue weighted by Crippen LogP contribution is 2.48. The number of methoxy groups -OCH3 is 1. The van der Waals surface area contributed by atoms with Crippen LogP contribution in [0.1, 0.15) is 24.3 Å². The number of nitrogens with zero attached hydrogens (tertiary/aromatic N) is 2. The van der Waals surface area contributed by atoms with E-state index < -0.39 is 0 Å². The van der Waals surface area contributed by atoms with E-state index >= 15 is 0 Å². The zero-order valence-electron chi connectivity index (χ0n) is 15.6. The molecule has 2 aromatic rings. The molecule has 142 valence electrons. The monoisotopic (exact) mass is 428 g/mol. The van der Waals surface area contributed by atoms with Gasteiger partial charge in [0.05, 0.1) is 7.11 Å². The second-order valence-corrected chi connectivity index (χ2v) is 8.28. The van der Waals surface area contributed by atoms with E-state index in [0.29, 0.717) is 11.8 Å². The number of hydrogen-bond donors (Lipinski definition) is 0. The molecule has 2 aliphatic rings. The van der Waals surface area contributed by atoms with Crippen LogP contribution < -0.4 is 9.64 Å². The van der Waals surface area contributed by atoms with Gasteiger partial charge in [-0.3, -0.25) is 4.79 Å². The third-order valence-corrected chi connectivity index (χ3v) is 6.18. The Morgan fingerprint density at radius 3 is 2.44 bits per heavy atom. The van der Waals surface area contributed by atoms with Crippen LogP contribution in [-0.4, -0.2) is 44.1 Å². The largest absolute Gasteiger partial charge is 0.497 e. The van der Waals surface area contributed by atoms with Crippen molar-refractivity contribution < 1.29 is 9.53 Å². The topological polar surface area (TPSA) is 32.8 Å². The molecule has 0 aromatic heterocycles. The predicted octanol–water partition coefficient (Wildman–Crippen LogP) is 4.30. The van der Waals surface area contributed by atoms with E-state index in [1.165, 1.54) is 11.3 Å². The van der Waals surface area contributed by atoms with Crippen molar-refractivity contribution in [3.05, 3.63) is 58.6 Å². The van der Waals surface area contributed by atoms with Gasteiger partial charge >= 0.3 is 0 Å². The molecule has 0 spiro atoms. The molecule has 0 radical (unpaired) electrons. The van der Waals surface area contributed by atoms with E-state index in [1.807, 2.05) is 12.1 Å². The van der Waals surface area contributed by atoms with Crippen molar-refractivity contribution in [3.8, 4) is 5.75 Å². The molecular formula is C22H25BrN2O2. The molecule has 2 fully saturated rings. The minimum Gasteiger partial charge on any atom is -0.497 e. The van der Waals surface area contributed by atoms with E-state index in [1.54, 1.807) is 7.11 Å². The summed E-state index contributed by atoms with van der Waals surface area (Å²) >= 11 is 3.48. The van der Waals surface area contributed by atoms with Gasteiger partial charge in [-0.1, -0.05) is 28.1 Å². The SMILES string of the molecule is COc1ccc(N2CCCN(C(=O)C3CC3c3ccc(Br)cc3)CC2)cc1. The van der Waals surface area contributed by atoms with Crippen LogP contribution in [0, 0.1) is 5.92 Å². The number of carbonyl (C=O) groups is 1. The number of anilines is 1. The van der Waals surface area contributed by atoms with Crippen LogP contribution in [0.3, 0.4) is 0 Å². The van der Waals surface area contributed by atoms with Crippen LogP contribution in [-0.2, 0) is 4.79 Å². The van der Waals surface area contributed by atoms with Crippen molar-refractivity contribution in [1.82, 2.24) is 4.90 Å². The lowest BCUT2D eigenvalue weighted by molar-refractivity contribution is -0.132. The summed E-state index contributed by atoms with van der Waals surface area (Å²) in [7, 11) is 1.68. The minimum absolute atomic E-state index is 0.165. The fourth-order valence-electron chi connectivity index (χ4n) is 3.97. The Labute approximate surface area is 169 Å². The normalized spacial score (nSPS) is 22.3. The first-order valence-electron chi connectivity index (χ1n) is 9.59. The Kier molecular flexibility index (Phi) is 5.39. The van der Waals surface area contributed by atoms with Gasteiger partial charge in [-0.2, -0.15) is 0 Å². The molecule has 1 amide bonds. The van der Waals surface area contributed by atoms with Gasteiger partial charge in [-0.25, -0.2) is 0 Å². The zero-order valence-corrected chi connectivity index (χ0v) is 17.2. The lowest BCUT2D eigenvalue weighted by Crippen LogP contribution is -2.36. The first-order valence-corrected chi connectivity index (χ1v) is 10.4. The van der Waals surface area contributed by atoms with Crippen molar-refractivity contribution in [3.63, 3.8) is 0 Å². The Hall–Kier alpha value is -2.01. The number of amides is 1. The number of carbonyl (C=O) groups excluding carboxylic acids is 1. The Bertz CT molecular complexity index is 791. The highest BCUT2D eigenvalue weighted by atomic mass is 79.9. The van der Waals surface area contributed by atoms with E-state index in [9.17, 15) is 4.79 Å². The molecule has 4 nitrogen and oxygen atoms in total. The van der Waals surface area contributed by atoms with Crippen molar-refractivity contribution >= 4 is 27.5 Å². The maximum absolute atomic E-state index is 13.0. The van der Waals surface area contributed by atoms with Crippen LogP contribution in [0.5, 0.6) is 5.75 Å². The molecule has 1 saturated heterocycles. The zero-order chi connectivity index (χ0) is 18.8. The molecule has 1 aliphatic carbocycles. The van der Waals surface area contributed by atoms with Gasteiger partial charge in [-0.15, -0.1) is 0 Å². The van der Waals surface area contributed by atoms with Gasteiger partial charge in [0.2, 0.25) is 5.91 Å². The molecule has 0 N–H and O–H groups in total. The summed E-state index contributed by atoms with van der Waals surface area (Å²) < 4.78 is 6.33. The average molecular weight is 429 g/mol. The first-order chi connectivity index (χ1) is 13.2. The highest BCUT2D eigenvalue weighted by molar-refractivity contribution is 9.10. The molecular weight excluding hydrogens is 404 g/mol. The molecule has 1 saturated carbocycles. The Morgan fingerprint density at radius 2 is 1.74 bits per heavy atom. The van der Waals surface area contributed by atoms with E-state index in [-0.39, 0.29) is 5.92 Å². The van der Waals surface area contributed by atoms with Crippen molar-refractivity contribution in [2.45, 2.75) is 18.8 Å². The first kappa shape index (κ1) is 18.4. The number of halogens is 1. The number of rotatable bonds is 4. The molecule has 1 aliphatic heterocycles. The van der Waals surface area contributed by atoms with E-state index in [0.717, 1.165) is 49.2 Å². The molecule has 27 heavy (non-hydrogen) atoms. The average Bonchev–Trinajstić information content (AvgIpc) is 3.52. The third-order valence-electron chi connectivity index (χ3n) is 5.65. The predicted molar refractivity (Wildman–Crippen MR) is 111 cm³/mol. The third kappa shape index (κ3) is 4.13. The second-order valence-electron chi connectivity index (χ2n) is 7.36. The Balaban J connectivity index is 1.35. The lowest BCUT2D eigenvalue weighted by atomic mass is 10.1. The Morgan fingerprint density at radius 1 is 1.00 bits per heavy atom. The minimum atomic E-state index is 0.165. The lowest BCUT2D eigenvalue weighted by Gasteiger charge is -2.24. The highest BCUT2D eigenvalue weighted by Gasteiger charge is 2.45. The number of benzene rings is 2. The van der Waals surface area contributed by atoms with Gasteiger partial charge in [0, 0.05) is 42.3 Å². The van der Waals surface area contributed by atoms with Gasteiger partial charge < -0.3 is 14.5 Å². The molecule has 1 heterocycles. The molecule has 2 atom stereocenters. The number of ether oxygens (including phenoxy) is 1. The van der Waals surface area contributed by atoms with Crippen LogP contribution in [0.2, 0.25) is 0 Å². The van der Waals surface area contributed by atoms with Crippen LogP contribution in [0.4, 0.5) is 5.69 Å². The van der Waals surface area contributed by atoms with Gasteiger partial charge in [0.1, 0.15) is 5.75 Å². The standard InChI is InChI=1S/C22H25BrN2O2/c1-27-19-9-7-18(8-10-19)24-11-2-12-25(14-13-24)22(26)21-15-20(21)16-3-5-17(23)6-4-16/h3-10,20-21H,2,11-15H2,1H3. The summed E-state index contributed by atoms with van der Waals surface area (Å²) in [5.41, 5.74) is 2.48. The second kappa shape index (κ2) is 7.93. The van der Waals surface area contributed by atoms with Crippen molar-refractivity contribution in [1.29, 1.82) is 0 Å². The molecule has 4 rings (SSSR count). The van der Waals surface area contributed by atoms with Crippen molar-refractivity contribution in [2.24, 2.45) is 5.92 Å². The quantitative estimate of drug-likeness (QED) is 0.727. The smallest absolute Gasteiger partial charge is 0.226 e. The molecule has 2 aromatic carbocycles. The van der Waals surface area contributed by atoms with Gasteiger partial charge in [-0.05, 0) is 60.7 Å². The maximum Gasteiger partial charge on any atom is 0.226 e. The molecule has 5 heteroatoms. The summed E-state index contributed by atoms with van der Waals surface area (Å²) in [4.78, 5) is 17.4. The van der Waals surface area contributed by atoms with E-state index in [2.05, 4.69) is 62.1 Å². The van der Waals surface area contributed by atoms with Gasteiger partial charge in [0.25, 0.3) is 0 Å². The van der Waals surface area contributed by atoms with Crippen LogP contribution in [0.15, 0.2) is 53.0 Å². The van der Waals surface area contributed by atoms with Crippen LogP contribution in [0.25, 0.3) is 0 Å². The number of hydrogen-bond acceptors (Lipinski definition) is 3. The molecule has 2 unspecified atom stereocenters. The van der Waals surface area contributed by atoms with Crippen LogP contribution >= 0.6 is 15.9 Å². The van der Waals surface area contributed by atoms with Crippen molar-refractivity contribution in [2.75, 3.05) is 38.2 Å². The summed E-state index contributed by atoms with van der Waals surface area (Å²) in [6, 6.07) is 16.6. The van der Waals surface area contributed by atoms with E-state index in [4.69, 9.17) is 4.74 Å². The van der Waals surface area contributed by atoms with Gasteiger partial charge in [0.15, 0.2) is 0 Å². The fraction of sp³-hybridized carbons (Fsp3) is 0.409. The summed E-state index contributed by atoms with van der Waals surface area (Å²) in [5, 5.41) is 0. The fourth-order valence-corrected chi connectivity index (χ4v) is 4.23. The summed E-state index contributed by atoms with van der Waals surface area (Å²) in [5.74, 6) is 1.77. The molecule has 0 bridgehead atoms. The summed E-state index contributed by atoms with van der Waals surface area (Å²) in [6.45, 7) is 3.52.